The summed E-state index contributed by atoms with van der Waals surface area (Å²) in [5.74, 6) is -2.85. The molecule has 0 spiro atoms. The lowest BCUT2D eigenvalue weighted by Gasteiger charge is -2.15. The van der Waals surface area contributed by atoms with Crippen LogP contribution in [0.25, 0.3) is 11.5 Å². The maximum atomic E-state index is 12.8. The molecule has 1 fully saturated rings. The summed E-state index contributed by atoms with van der Waals surface area (Å²) in [4.78, 5) is 34.9. The molecule has 2 amide bonds. The summed E-state index contributed by atoms with van der Waals surface area (Å²) in [5.41, 5.74) is 0.849. The van der Waals surface area contributed by atoms with E-state index in [-0.39, 0.29) is 29.2 Å². The number of amides is 2. The van der Waals surface area contributed by atoms with Gasteiger partial charge in [-0.3, -0.25) is 19.2 Å². The summed E-state index contributed by atoms with van der Waals surface area (Å²) < 4.78 is 6.93. The Hall–Kier alpha value is -3.81. The largest absolute Gasteiger partial charge is 0.444 e. The number of nitrogens with one attached hydrogen (secondary N) is 2. The zero-order valence-electron chi connectivity index (χ0n) is 17.9. The van der Waals surface area contributed by atoms with Crippen LogP contribution in [0.3, 0.4) is 0 Å². The highest BCUT2D eigenvalue weighted by molar-refractivity contribution is 6.06. The van der Waals surface area contributed by atoms with E-state index in [1.807, 2.05) is 6.92 Å². The molecule has 3 aromatic rings. The monoisotopic (exact) mass is 457 g/mol. The lowest BCUT2D eigenvalue weighted by Crippen LogP contribution is -2.36. The molecule has 174 valence electrons. The van der Waals surface area contributed by atoms with Crippen molar-refractivity contribution in [3.8, 4) is 11.5 Å². The van der Waals surface area contributed by atoms with Crippen LogP contribution < -0.4 is 15.5 Å². The Labute approximate surface area is 187 Å². The van der Waals surface area contributed by atoms with E-state index in [9.17, 15) is 9.59 Å². The van der Waals surface area contributed by atoms with Gasteiger partial charge in [0.25, 0.3) is 11.9 Å². The lowest BCUT2D eigenvalue weighted by molar-refractivity contribution is -0.300. The quantitative estimate of drug-likeness (QED) is 0.306. The van der Waals surface area contributed by atoms with Crippen molar-refractivity contribution >= 4 is 29.1 Å². The fourth-order valence-electron chi connectivity index (χ4n) is 3.36. The molecule has 1 atom stereocenters. The summed E-state index contributed by atoms with van der Waals surface area (Å²) in [5, 5.41) is 36.6. The standard InChI is InChI=1S/C20H23N7O6/c1-11-4-6-27(19(11)29)16-13(8-26(2)25-16)23-17(28)14-9-33-18(24-14)12-3-5-21-15(7-12)22-10-20(30,31)32/h3,5,7-9,11,30-32H,4,6,10H2,1-2H3,(H,21,22)(H,23,28)/t11-/m0/s1. The summed E-state index contributed by atoms with van der Waals surface area (Å²) in [6, 6.07) is 3.08. The Kier molecular flexibility index (Phi) is 5.84. The van der Waals surface area contributed by atoms with E-state index in [0.717, 1.165) is 0 Å². The van der Waals surface area contributed by atoms with Crippen molar-refractivity contribution in [3.05, 3.63) is 36.5 Å². The van der Waals surface area contributed by atoms with E-state index in [4.69, 9.17) is 19.7 Å². The molecule has 1 aliphatic rings. The number of aromatic nitrogens is 4. The topological polar surface area (TPSA) is 179 Å². The van der Waals surface area contributed by atoms with Crippen LogP contribution in [0.2, 0.25) is 0 Å². The minimum Gasteiger partial charge on any atom is -0.444 e. The van der Waals surface area contributed by atoms with Gasteiger partial charge in [0, 0.05) is 31.3 Å². The van der Waals surface area contributed by atoms with E-state index in [1.165, 1.54) is 23.2 Å². The maximum Gasteiger partial charge on any atom is 0.293 e. The van der Waals surface area contributed by atoms with Crippen molar-refractivity contribution in [1.29, 1.82) is 0 Å². The number of carbonyl (C=O) groups excluding carboxylic acids is 2. The van der Waals surface area contributed by atoms with E-state index in [2.05, 4.69) is 25.7 Å². The van der Waals surface area contributed by atoms with Gasteiger partial charge in [0.05, 0.1) is 12.7 Å². The third kappa shape index (κ3) is 5.00. The SMILES string of the molecule is C[C@H]1CCN(c2nn(C)cc2NC(=O)c2coc(-c3ccnc(NCC(O)(O)O)c3)n2)C1=O. The molecule has 0 saturated carbocycles. The molecule has 1 aliphatic heterocycles. The van der Waals surface area contributed by atoms with Crippen LogP contribution in [-0.2, 0) is 11.8 Å². The number of anilines is 3. The van der Waals surface area contributed by atoms with Gasteiger partial charge in [-0.05, 0) is 18.6 Å². The summed E-state index contributed by atoms with van der Waals surface area (Å²) in [6.07, 6.45) is 4.94. The highest BCUT2D eigenvalue weighted by atomic mass is 16.7. The average molecular weight is 457 g/mol. The normalized spacial score (nSPS) is 16.3. The predicted octanol–water partition coefficient (Wildman–Crippen LogP) is 0.138. The first kappa shape index (κ1) is 22.4. The molecule has 0 aliphatic carbocycles. The predicted molar refractivity (Wildman–Crippen MR) is 115 cm³/mol. The second-order valence-corrected chi connectivity index (χ2v) is 7.77. The van der Waals surface area contributed by atoms with Gasteiger partial charge < -0.3 is 30.4 Å². The fraction of sp³-hybridized carbons (Fsp3) is 0.350. The molecule has 1 saturated heterocycles. The zero-order valence-corrected chi connectivity index (χ0v) is 17.9. The number of oxazole rings is 1. The fourth-order valence-corrected chi connectivity index (χ4v) is 3.36. The van der Waals surface area contributed by atoms with Gasteiger partial charge in [0.2, 0.25) is 11.8 Å². The molecule has 0 unspecified atom stereocenters. The van der Waals surface area contributed by atoms with Gasteiger partial charge in [-0.15, -0.1) is 0 Å². The van der Waals surface area contributed by atoms with Crippen molar-refractivity contribution in [3.63, 3.8) is 0 Å². The van der Waals surface area contributed by atoms with Gasteiger partial charge in [0.1, 0.15) is 17.8 Å². The van der Waals surface area contributed by atoms with E-state index >= 15 is 0 Å². The second-order valence-electron chi connectivity index (χ2n) is 7.77. The Morgan fingerprint density at radius 2 is 2.15 bits per heavy atom. The molecule has 0 bridgehead atoms. The maximum absolute atomic E-state index is 12.8. The Morgan fingerprint density at radius 1 is 1.36 bits per heavy atom. The number of pyridine rings is 1. The summed E-state index contributed by atoms with van der Waals surface area (Å²) in [7, 11) is 1.70. The molecule has 4 rings (SSSR count). The minimum absolute atomic E-state index is 0.00679. The van der Waals surface area contributed by atoms with Crippen LogP contribution in [0, 0.1) is 5.92 Å². The summed E-state index contributed by atoms with van der Waals surface area (Å²) in [6.45, 7) is 1.80. The van der Waals surface area contributed by atoms with Crippen molar-refractivity contribution < 1.29 is 29.3 Å². The van der Waals surface area contributed by atoms with Crippen LogP contribution >= 0.6 is 0 Å². The molecular formula is C20H23N7O6. The molecule has 13 heteroatoms. The highest BCUT2D eigenvalue weighted by Crippen LogP contribution is 2.30. The van der Waals surface area contributed by atoms with Crippen LogP contribution in [0.5, 0.6) is 0 Å². The van der Waals surface area contributed by atoms with Gasteiger partial charge in [0.15, 0.2) is 11.5 Å². The number of hydrogen-bond acceptors (Lipinski definition) is 10. The van der Waals surface area contributed by atoms with Crippen molar-refractivity contribution in [1.82, 2.24) is 19.7 Å². The van der Waals surface area contributed by atoms with E-state index in [0.29, 0.717) is 30.0 Å². The van der Waals surface area contributed by atoms with Gasteiger partial charge in [-0.2, -0.15) is 5.10 Å². The lowest BCUT2D eigenvalue weighted by atomic mass is 10.1. The molecule has 0 aromatic carbocycles. The van der Waals surface area contributed by atoms with Crippen molar-refractivity contribution in [2.24, 2.45) is 13.0 Å². The number of aliphatic hydroxyl groups is 3. The first-order chi connectivity index (χ1) is 15.6. The third-order valence-electron chi connectivity index (χ3n) is 5.04. The smallest absolute Gasteiger partial charge is 0.293 e. The first-order valence-electron chi connectivity index (χ1n) is 10.1. The second kappa shape index (κ2) is 8.61. The van der Waals surface area contributed by atoms with E-state index in [1.54, 1.807) is 24.2 Å². The Morgan fingerprint density at radius 3 is 2.85 bits per heavy atom. The van der Waals surface area contributed by atoms with Gasteiger partial charge >= 0.3 is 0 Å². The number of hydrogen-bond donors (Lipinski definition) is 5. The number of carbonyl (C=O) groups is 2. The number of rotatable bonds is 7. The molecule has 33 heavy (non-hydrogen) atoms. The molecule has 13 nitrogen and oxygen atoms in total. The van der Waals surface area contributed by atoms with Crippen molar-refractivity contribution in [2.75, 3.05) is 28.6 Å². The molecular weight excluding hydrogens is 434 g/mol. The Bertz CT molecular complexity index is 1180. The highest BCUT2D eigenvalue weighted by Gasteiger charge is 2.32. The first-order valence-corrected chi connectivity index (χ1v) is 10.1. The summed E-state index contributed by atoms with van der Waals surface area (Å²) >= 11 is 0. The zero-order chi connectivity index (χ0) is 23.8. The number of nitrogens with zero attached hydrogens (tertiary/aromatic N) is 5. The third-order valence-corrected chi connectivity index (χ3v) is 5.04. The Balaban J connectivity index is 1.49. The number of aryl methyl sites for hydroxylation is 1. The van der Waals surface area contributed by atoms with Gasteiger partial charge in [-0.1, -0.05) is 6.92 Å². The molecule has 3 aromatic heterocycles. The van der Waals surface area contributed by atoms with Crippen LogP contribution in [0.4, 0.5) is 17.3 Å². The van der Waals surface area contributed by atoms with Crippen molar-refractivity contribution in [2.45, 2.75) is 19.3 Å². The van der Waals surface area contributed by atoms with Gasteiger partial charge in [-0.25, -0.2) is 9.97 Å². The molecule has 5 N–H and O–H groups in total. The average Bonchev–Trinajstić information content (AvgIpc) is 3.46. The minimum atomic E-state index is -2.89. The van der Waals surface area contributed by atoms with Crippen LogP contribution in [0.1, 0.15) is 23.8 Å². The van der Waals surface area contributed by atoms with Crippen LogP contribution in [0.15, 0.2) is 35.2 Å². The van der Waals surface area contributed by atoms with E-state index < -0.39 is 18.4 Å². The molecule has 0 radical (unpaired) electrons. The van der Waals surface area contributed by atoms with Crippen LogP contribution in [-0.4, -0.2) is 65.9 Å². The molecule has 4 heterocycles.